The smallest absolute Gasteiger partial charge is 0.224 e. The van der Waals surface area contributed by atoms with Gasteiger partial charge in [0.05, 0.1) is 5.69 Å². The van der Waals surface area contributed by atoms with Crippen LogP contribution in [0.25, 0.3) is 12.2 Å². The standard InChI is InChI=1S/C24H27FN2O/c1-3-5-22-21(14-15-26-23(22)4-2)18-8-6-17(7-9-18)16-24(28)27-20-12-10-19(25)11-13-20/h3-5,10-15,17-18H,2,6-9,16H2,1H3,(H,27,28)/b5-3-. The summed E-state index contributed by atoms with van der Waals surface area (Å²) in [7, 11) is 0. The van der Waals surface area contributed by atoms with Crippen molar-refractivity contribution in [1.29, 1.82) is 0 Å². The fourth-order valence-electron chi connectivity index (χ4n) is 4.06. The van der Waals surface area contributed by atoms with Crippen molar-refractivity contribution < 1.29 is 9.18 Å². The first-order valence-electron chi connectivity index (χ1n) is 9.90. The van der Waals surface area contributed by atoms with E-state index in [0.29, 0.717) is 23.9 Å². The molecule has 1 amide bonds. The average Bonchev–Trinajstić information content (AvgIpc) is 2.71. The van der Waals surface area contributed by atoms with Crippen LogP contribution in [0.5, 0.6) is 0 Å². The Morgan fingerprint density at radius 3 is 2.57 bits per heavy atom. The summed E-state index contributed by atoms with van der Waals surface area (Å²) in [6, 6.07) is 8.01. The largest absolute Gasteiger partial charge is 0.326 e. The fourth-order valence-corrected chi connectivity index (χ4v) is 4.06. The number of halogens is 1. The van der Waals surface area contributed by atoms with Gasteiger partial charge in [-0.2, -0.15) is 0 Å². The minimum Gasteiger partial charge on any atom is -0.326 e. The van der Waals surface area contributed by atoms with Crippen LogP contribution in [0.3, 0.4) is 0 Å². The van der Waals surface area contributed by atoms with Crippen molar-refractivity contribution in [2.24, 2.45) is 5.92 Å². The lowest BCUT2D eigenvalue weighted by molar-refractivity contribution is -0.117. The zero-order valence-corrected chi connectivity index (χ0v) is 16.3. The van der Waals surface area contributed by atoms with Gasteiger partial charge in [-0.1, -0.05) is 18.7 Å². The highest BCUT2D eigenvalue weighted by molar-refractivity contribution is 5.90. The minimum atomic E-state index is -0.302. The molecule has 0 spiro atoms. The number of rotatable bonds is 6. The van der Waals surface area contributed by atoms with E-state index in [4.69, 9.17) is 0 Å². The lowest BCUT2D eigenvalue weighted by Gasteiger charge is -2.29. The highest BCUT2D eigenvalue weighted by Gasteiger charge is 2.25. The molecular weight excluding hydrogens is 351 g/mol. The molecule has 28 heavy (non-hydrogen) atoms. The summed E-state index contributed by atoms with van der Waals surface area (Å²) in [5, 5.41) is 2.87. The van der Waals surface area contributed by atoms with Gasteiger partial charge >= 0.3 is 0 Å². The molecule has 1 aromatic heterocycles. The number of carbonyl (C=O) groups excluding carboxylic acids is 1. The van der Waals surface area contributed by atoms with Crippen LogP contribution in [0.2, 0.25) is 0 Å². The Hall–Kier alpha value is -2.75. The third kappa shape index (κ3) is 4.94. The van der Waals surface area contributed by atoms with Gasteiger partial charge in [0.25, 0.3) is 0 Å². The van der Waals surface area contributed by atoms with Gasteiger partial charge in [-0.25, -0.2) is 4.39 Å². The van der Waals surface area contributed by atoms with Crippen molar-refractivity contribution in [2.75, 3.05) is 5.32 Å². The lowest BCUT2D eigenvalue weighted by Crippen LogP contribution is -2.21. The van der Waals surface area contributed by atoms with Gasteiger partial charge in [0.1, 0.15) is 5.82 Å². The zero-order chi connectivity index (χ0) is 19.9. The average molecular weight is 378 g/mol. The summed E-state index contributed by atoms with van der Waals surface area (Å²) >= 11 is 0. The molecule has 4 heteroatoms. The molecule has 1 aliphatic carbocycles. The lowest BCUT2D eigenvalue weighted by atomic mass is 9.76. The van der Waals surface area contributed by atoms with Gasteiger partial charge in [-0.15, -0.1) is 0 Å². The Kier molecular flexibility index (Phi) is 6.75. The summed E-state index contributed by atoms with van der Waals surface area (Å²) < 4.78 is 13.0. The predicted molar refractivity (Wildman–Crippen MR) is 113 cm³/mol. The molecule has 1 fully saturated rings. The van der Waals surface area contributed by atoms with E-state index in [-0.39, 0.29) is 11.7 Å². The van der Waals surface area contributed by atoms with Crippen LogP contribution in [0.1, 0.15) is 61.8 Å². The SMILES string of the molecule is C=Cc1nccc(C2CCC(CC(=O)Nc3ccc(F)cc3)CC2)c1/C=C\C. The summed E-state index contributed by atoms with van der Waals surface area (Å²) in [6.45, 7) is 5.90. The second-order valence-electron chi connectivity index (χ2n) is 7.38. The molecule has 3 rings (SSSR count). The molecule has 146 valence electrons. The van der Waals surface area contributed by atoms with Crippen molar-refractivity contribution in [2.45, 2.75) is 44.9 Å². The first-order valence-corrected chi connectivity index (χ1v) is 9.90. The molecule has 0 bridgehead atoms. The van der Waals surface area contributed by atoms with Crippen LogP contribution in [0.4, 0.5) is 10.1 Å². The van der Waals surface area contributed by atoms with E-state index in [1.165, 1.54) is 17.7 Å². The van der Waals surface area contributed by atoms with Crippen molar-refractivity contribution in [1.82, 2.24) is 4.98 Å². The van der Waals surface area contributed by atoms with Gasteiger partial charge in [0, 0.05) is 23.9 Å². The number of hydrogen-bond acceptors (Lipinski definition) is 2. The topological polar surface area (TPSA) is 42.0 Å². The van der Waals surface area contributed by atoms with Gasteiger partial charge in [0.15, 0.2) is 0 Å². The van der Waals surface area contributed by atoms with Crippen LogP contribution in [0.15, 0.2) is 49.2 Å². The fraction of sp³-hybridized carbons (Fsp3) is 0.333. The molecule has 1 saturated carbocycles. The second kappa shape index (κ2) is 9.45. The maximum absolute atomic E-state index is 13.0. The van der Waals surface area contributed by atoms with Gasteiger partial charge in [-0.3, -0.25) is 9.78 Å². The number of carbonyl (C=O) groups is 1. The molecule has 0 aliphatic heterocycles. The molecule has 1 N–H and O–H groups in total. The van der Waals surface area contributed by atoms with Crippen molar-refractivity contribution in [3.05, 3.63) is 71.8 Å². The molecule has 0 unspecified atom stereocenters. The molecular formula is C24H27FN2O. The van der Waals surface area contributed by atoms with E-state index >= 15 is 0 Å². The number of nitrogens with zero attached hydrogens (tertiary/aromatic N) is 1. The molecule has 1 aliphatic rings. The number of amides is 1. The molecule has 0 atom stereocenters. The van der Waals surface area contributed by atoms with Crippen molar-refractivity contribution in [3.8, 4) is 0 Å². The number of anilines is 1. The van der Waals surface area contributed by atoms with Crippen molar-refractivity contribution in [3.63, 3.8) is 0 Å². The second-order valence-corrected chi connectivity index (χ2v) is 7.38. The molecule has 0 radical (unpaired) electrons. The Labute approximate surface area is 166 Å². The number of benzene rings is 1. The van der Waals surface area contributed by atoms with E-state index in [1.807, 2.05) is 25.3 Å². The van der Waals surface area contributed by atoms with E-state index in [1.54, 1.807) is 12.1 Å². The Morgan fingerprint density at radius 1 is 1.21 bits per heavy atom. The van der Waals surface area contributed by atoms with E-state index in [2.05, 4.69) is 29.0 Å². The number of aromatic nitrogens is 1. The van der Waals surface area contributed by atoms with E-state index in [9.17, 15) is 9.18 Å². The number of pyridine rings is 1. The third-order valence-corrected chi connectivity index (χ3v) is 5.47. The molecule has 2 aromatic rings. The molecule has 3 nitrogen and oxygen atoms in total. The summed E-state index contributed by atoms with van der Waals surface area (Å²) in [5.41, 5.74) is 4.07. The molecule has 0 saturated heterocycles. The Balaban J connectivity index is 1.58. The monoisotopic (exact) mass is 378 g/mol. The highest BCUT2D eigenvalue weighted by Crippen LogP contribution is 2.39. The van der Waals surface area contributed by atoms with E-state index in [0.717, 1.165) is 36.9 Å². The van der Waals surface area contributed by atoms with Crippen LogP contribution in [-0.4, -0.2) is 10.9 Å². The van der Waals surface area contributed by atoms with Crippen molar-refractivity contribution >= 4 is 23.7 Å². The van der Waals surface area contributed by atoms with Gasteiger partial charge in [0.2, 0.25) is 5.91 Å². The predicted octanol–water partition coefficient (Wildman–Crippen LogP) is 6.20. The molecule has 1 aromatic carbocycles. The number of allylic oxidation sites excluding steroid dienone is 1. The van der Waals surface area contributed by atoms with Gasteiger partial charge < -0.3 is 5.32 Å². The summed E-state index contributed by atoms with van der Waals surface area (Å²) in [4.78, 5) is 16.7. The number of hydrogen-bond donors (Lipinski definition) is 1. The Morgan fingerprint density at radius 2 is 1.93 bits per heavy atom. The highest BCUT2D eigenvalue weighted by atomic mass is 19.1. The van der Waals surface area contributed by atoms with Crippen LogP contribution < -0.4 is 5.32 Å². The summed E-state index contributed by atoms with van der Waals surface area (Å²) in [5.74, 6) is 0.582. The van der Waals surface area contributed by atoms with Crippen LogP contribution in [0, 0.1) is 11.7 Å². The van der Waals surface area contributed by atoms with Crippen LogP contribution in [-0.2, 0) is 4.79 Å². The zero-order valence-electron chi connectivity index (χ0n) is 16.3. The first kappa shape index (κ1) is 20.0. The van der Waals surface area contributed by atoms with Gasteiger partial charge in [-0.05, 0) is 86.4 Å². The molecule has 1 heterocycles. The summed E-state index contributed by atoms with van der Waals surface area (Å²) in [6.07, 6.45) is 12.5. The number of nitrogens with one attached hydrogen (secondary N) is 1. The maximum Gasteiger partial charge on any atom is 0.224 e. The quantitative estimate of drug-likeness (QED) is 0.650. The maximum atomic E-state index is 13.0. The Bertz CT molecular complexity index is 849. The minimum absolute atomic E-state index is 0.00233. The first-order chi connectivity index (χ1) is 13.6. The van der Waals surface area contributed by atoms with Crippen LogP contribution >= 0.6 is 0 Å². The normalized spacial score (nSPS) is 19.5. The van der Waals surface area contributed by atoms with E-state index < -0.39 is 0 Å². The third-order valence-electron chi connectivity index (χ3n) is 5.47.